The molecule has 0 aromatic heterocycles. The van der Waals surface area contributed by atoms with E-state index in [9.17, 15) is 20.0 Å². The van der Waals surface area contributed by atoms with E-state index in [0.717, 1.165) is 6.08 Å². The van der Waals surface area contributed by atoms with E-state index in [2.05, 4.69) is 10.6 Å². The highest BCUT2D eigenvalue weighted by atomic mass is 35.5. The molecule has 0 fully saturated rings. The van der Waals surface area contributed by atoms with Crippen LogP contribution in [-0.4, -0.2) is 21.0 Å². The molecule has 0 aliphatic carbocycles. The molecule has 2 aromatic rings. The number of carbonyl (C=O) groups excluding carboxylic acids is 1. The summed E-state index contributed by atoms with van der Waals surface area (Å²) in [6.07, 6.45) is 2.52. The predicted molar refractivity (Wildman–Crippen MR) is 110 cm³/mol. The molecule has 0 saturated carbocycles. The number of nitrogens with zero attached hydrogens (tertiary/aromatic N) is 1. The van der Waals surface area contributed by atoms with Crippen molar-refractivity contribution < 1.29 is 14.8 Å². The highest BCUT2D eigenvalue weighted by Crippen LogP contribution is 2.34. The Kier molecular flexibility index (Phi) is 6.98. The third kappa shape index (κ3) is 5.80. The molecular weight excluding hydrogens is 437 g/mol. The average Bonchev–Trinajstić information content (AvgIpc) is 2.58. The molecule has 0 aliphatic heterocycles. The number of halogens is 3. The van der Waals surface area contributed by atoms with Crippen molar-refractivity contribution in [3.63, 3.8) is 0 Å². The average molecular weight is 447 g/mol. The van der Waals surface area contributed by atoms with Crippen LogP contribution in [0.4, 0.5) is 11.4 Å². The van der Waals surface area contributed by atoms with Crippen LogP contribution in [0.5, 0.6) is 5.75 Å². The van der Waals surface area contributed by atoms with Crippen LogP contribution in [0.25, 0.3) is 6.08 Å². The second-order valence-corrected chi connectivity index (χ2v) is 6.66. The van der Waals surface area contributed by atoms with Crippen molar-refractivity contribution in [2.75, 3.05) is 5.32 Å². The number of amides is 1. The first kappa shape index (κ1) is 20.9. The summed E-state index contributed by atoms with van der Waals surface area (Å²) < 4.78 is 0. The fraction of sp³-hybridized carbons (Fsp3) is 0. The zero-order valence-electron chi connectivity index (χ0n) is 13.2. The van der Waals surface area contributed by atoms with Crippen molar-refractivity contribution in [3.8, 4) is 5.75 Å². The number of nitro groups is 1. The lowest BCUT2D eigenvalue weighted by molar-refractivity contribution is -0.384. The smallest absolute Gasteiger partial charge is 0.288 e. The molecule has 2 rings (SSSR count). The van der Waals surface area contributed by atoms with Gasteiger partial charge in [0.2, 0.25) is 5.91 Å². The summed E-state index contributed by atoms with van der Waals surface area (Å²) in [6.45, 7) is 0. The lowest BCUT2D eigenvalue weighted by Gasteiger charge is -2.10. The first-order valence-electron chi connectivity index (χ1n) is 7.09. The number of carbonyl (C=O) groups is 1. The van der Waals surface area contributed by atoms with Gasteiger partial charge in [-0.3, -0.25) is 20.2 Å². The highest BCUT2D eigenvalue weighted by Gasteiger charge is 2.12. The summed E-state index contributed by atoms with van der Waals surface area (Å²) in [5.74, 6) is -0.833. The van der Waals surface area contributed by atoms with Gasteiger partial charge in [0, 0.05) is 17.8 Å². The molecule has 0 spiro atoms. The van der Waals surface area contributed by atoms with Gasteiger partial charge in [-0.1, -0.05) is 40.9 Å². The van der Waals surface area contributed by atoms with E-state index in [1.807, 2.05) is 0 Å². The lowest BCUT2D eigenvalue weighted by Crippen LogP contribution is -2.32. The molecule has 0 radical (unpaired) electrons. The maximum atomic E-state index is 11.9. The van der Waals surface area contributed by atoms with Gasteiger partial charge in [0.15, 0.2) is 10.9 Å². The van der Waals surface area contributed by atoms with Crippen LogP contribution in [0.3, 0.4) is 0 Å². The topological polar surface area (TPSA) is 104 Å². The zero-order chi connectivity index (χ0) is 20.1. The predicted octanol–water partition coefficient (Wildman–Crippen LogP) is 4.79. The Labute approximate surface area is 173 Å². The normalized spacial score (nSPS) is 10.6. The molecule has 0 heterocycles. The molecule has 0 saturated heterocycles. The molecule has 0 aliphatic rings. The molecule has 7 nitrogen and oxygen atoms in total. The zero-order valence-corrected chi connectivity index (χ0v) is 16.3. The summed E-state index contributed by atoms with van der Waals surface area (Å²) in [6, 6.07) is 6.88. The Morgan fingerprint density at radius 1 is 1.15 bits per heavy atom. The van der Waals surface area contributed by atoms with Gasteiger partial charge in [-0.25, -0.2) is 0 Å². The third-order valence-corrected chi connectivity index (χ3v) is 4.21. The van der Waals surface area contributed by atoms with Gasteiger partial charge >= 0.3 is 0 Å². The Bertz CT molecular complexity index is 943. The minimum Gasteiger partial charge on any atom is -0.505 e. The molecule has 0 bridgehead atoms. The van der Waals surface area contributed by atoms with Crippen LogP contribution >= 0.6 is 47.0 Å². The van der Waals surface area contributed by atoms with Crippen molar-refractivity contribution in [1.29, 1.82) is 0 Å². The van der Waals surface area contributed by atoms with E-state index in [-0.39, 0.29) is 31.6 Å². The number of hydrogen-bond acceptors (Lipinski definition) is 5. The molecule has 140 valence electrons. The quantitative estimate of drug-likeness (QED) is 0.205. The number of phenols is 1. The summed E-state index contributed by atoms with van der Waals surface area (Å²) in [7, 11) is 0. The highest BCUT2D eigenvalue weighted by molar-refractivity contribution is 7.80. The summed E-state index contributed by atoms with van der Waals surface area (Å²) in [5, 5.41) is 25.4. The second-order valence-electron chi connectivity index (χ2n) is 5.03. The molecule has 0 unspecified atom stereocenters. The van der Waals surface area contributed by atoms with E-state index in [0.29, 0.717) is 11.3 Å². The van der Waals surface area contributed by atoms with Crippen LogP contribution < -0.4 is 10.6 Å². The molecule has 27 heavy (non-hydrogen) atoms. The minimum absolute atomic E-state index is 0.00167. The van der Waals surface area contributed by atoms with E-state index in [4.69, 9.17) is 47.0 Å². The summed E-state index contributed by atoms with van der Waals surface area (Å²) in [5.41, 5.74) is 0.514. The molecule has 3 N–H and O–H groups in total. The molecule has 0 atom stereocenters. The molecule has 2 aromatic carbocycles. The fourth-order valence-corrected chi connectivity index (χ4v) is 2.79. The van der Waals surface area contributed by atoms with E-state index >= 15 is 0 Å². The Morgan fingerprint density at radius 2 is 1.78 bits per heavy atom. The SMILES string of the molecule is O=C(C=Cc1ccc(Cl)c([N+](=O)[O-])c1)NC(=S)Nc1cc(Cl)c(O)c(Cl)c1. The number of anilines is 1. The van der Waals surface area contributed by atoms with Gasteiger partial charge in [-0.2, -0.15) is 0 Å². The molecule has 1 amide bonds. The number of nitrogens with one attached hydrogen (secondary N) is 2. The van der Waals surface area contributed by atoms with Crippen LogP contribution in [0.15, 0.2) is 36.4 Å². The maximum Gasteiger partial charge on any atom is 0.288 e. The van der Waals surface area contributed by atoms with Crippen LogP contribution in [0.2, 0.25) is 15.1 Å². The van der Waals surface area contributed by atoms with Crippen LogP contribution in [0.1, 0.15) is 5.56 Å². The van der Waals surface area contributed by atoms with Gasteiger partial charge in [-0.05, 0) is 42.1 Å². The van der Waals surface area contributed by atoms with Crippen molar-refractivity contribution in [3.05, 3.63) is 67.2 Å². The number of nitro benzene ring substituents is 1. The van der Waals surface area contributed by atoms with Crippen LogP contribution in [-0.2, 0) is 4.79 Å². The first-order chi connectivity index (χ1) is 12.7. The number of thiocarbonyl (C=S) groups is 1. The fourth-order valence-electron chi connectivity index (χ4n) is 1.90. The maximum absolute atomic E-state index is 11.9. The monoisotopic (exact) mass is 445 g/mol. The number of aromatic hydroxyl groups is 1. The second kappa shape index (κ2) is 9.01. The first-order valence-corrected chi connectivity index (χ1v) is 8.63. The lowest BCUT2D eigenvalue weighted by atomic mass is 10.2. The summed E-state index contributed by atoms with van der Waals surface area (Å²) >= 11 is 22.3. The Morgan fingerprint density at radius 3 is 2.37 bits per heavy atom. The van der Waals surface area contributed by atoms with Gasteiger partial charge in [-0.15, -0.1) is 0 Å². The van der Waals surface area contributed by atoms with Gasteiger partial charge < -0.3 is 10.4 Å². The molecular formula is C16H10Cl3N3O4S. The van der Waals surface area contributed by atoms with E-state index in [1.165, 1.54) is 36.4 Å². The third-order valence-electron chi connectivity index (χ3n) is 3.11. The minimum atomic E-state index is -0.618. The van der Waals surface area contributed by atoms with Gasteiger partial charge in [0.25, 0.3) is 5.69 Å². The number of benzene rings is 2. The van der Waals surface area contributed by atoms with Crippen molar-refractivity contribution in [2.45, 2.75) is 0 Å². The van der Waals surface area contributed by atoms with E-state index < -0.39 is 10.8 Å². The van der Waals surface area contributed by atoms with Crippen LogP contribution in [0, 0.1) is 10.1 Å². The number of hydrogen-bond donors (Lipinski definition) is 3. The van der Waals surface area contributed by atoms with Gasteiger partial charge in [0.05, 0.1) is 15.0 Å². The summed E-state index contributed by atoms with van der Waals surface area (Å²) in [4.78, 5) is 22.2. The largest absolute Gasteiger partial charge is 0.505 e. The van der Waals surface area contributed by atoms with Crippen molar-refractivity contribution in [1.82, 2.24) is 5.32 Å². The number of phenolic OH excluding ortho intramolecular Hbond substituents is 1. The van der Waals surface area contributed by atoms with Gasteiger partial charge in [0.1, 0.15) is 5.02 Å². The molecule has 11 heteroatoms. The van der Waals surface area contributed by atoms with E-state index in [1.54, 1.807) is 0 Å². The standard InChI is InChI=1S/C16H10Cl3N3O4S/c17-10-3-1-8(5-13(10)22(25)26)2-4-14(23)21-16(27)20-9-6-11(18)15(24)12(19)7-9/h1-7,24H,(H2,20,21,23,27). The van der Waals surface area contributed by atoms with Crippen molar-refractivity contribution in [2.24, 2.45) is 0 Å². The van der Waals surface area contributed by atoms with Crippen molar-refractivity contribution >= 4 is 75.5 Å². The number of rotatable bonds is 4. The Balaban J connectivity index is 2.01. The Hall–Kier alpha value is -2.39.